The molecule has 1 saturated heterocycles. The summed E-state index contributed by atoms with van der Waals surface area (Å²) in [6, 6.07) is 6.81. The Bertz CT molecular complexity index is 992. The molecule has 3 rings (SSSR count). The lowest BCUT2D eigenvalue weighted by molar-refractivity contribution is -0.132. The van der Waals surface area contributed by atoms with Crippen molar-refractivity contribution in [2.45, 2.75) is 17.7 Å². The Morgan fingerprint density at radius 2 is 1.79 bits per heavy atom. The van der Waals surface area contributed by atoms with E-state index in [9.17, 15) is 26.4 Å². The van der Waals surface area contributed by atoms with Crippen LogP contribution >= 0.6 is 0 Å². The van der Waals surface area contributed by atoms with Crippen molar-refractivity contribution in [2.75, 3.05) is 24.4 Å². The molecule has 1 heterocycles. The molecular formula is C18H17F3N2O4S. The number of carbonyl (C=O) groups is 1. The number of hydrogen-bond acceptors (Lipinski definition) is 4. The van der Waals surface area contributed by atoms with E-state index < -0.39 is 32.4 Å². The standard InChI is InChI=1S/C18H17F3N2O4S/c19-14-6-7-15(18(21)17(14)20)28(25,26)22-12-4-3-5-13(10-12)27-11-16(24)23-8-1-2-9-23/h3-7,10,22H,1-2,8-9,11H2. The van der Waals surface area contributed by atoms with Crippen LogP contribution < -0.4 is 9.46 Å². The monoisotopic (exact) mass is 414 g/mol. The molecule has 28 heavy (non-hydrogen) atoms. The summed E-state index contributed by atoms with van der Waals surface area (Å²) in [5, 5.41) is 0. The van der Waals surface area contributed by atoms with E-state index in [4.69, 9.17) is 4.74 Å². The maximum absolute atomic E-state index is 13.8. The zero-order valence-corrected chi connectivity index (χ0v) is 15.4. The second kappa shape index (κ2) is 8.09. The van der Waals surface area contributed by atoms with E-state index in [0.717, 1.165) is 12.8 Å². The second-order valence-electron chi connectivity index (χ2n) is 6.18. The molecule has 1 N–H and O–H groups in total. The van der Waals surface area contributed by atoms with Crippen molar-refractivity contribution in [3.05, 3.63) is 53.8 Å². The quantitative estimate of drug-likeness (QED) is 0.738. The third-order valence-corrected chi connectivity index (χ3v) is 5.60. The first-order valence-electron chi connectivity index (χ1n) is 8.45. The number of carbonyl (C=O) groups excluding carboxylic acids is 1. The largest absolute Gasteiger partial charge is 0.484 e. The van der Waals surface area contributed by atoms with Gasteiger partial charge in [-0.1, -0.05) is 6.07 Å². The van der Waals surface area contributed by atoms with Crippen LogP contribution in [0.3, 0.4) is 0 Å². The van der Waals surface area contributed by atoms with Gasteiger partial charge in [0.2, 0.25) is 0 Å². The third-order valence-electron chi connectivity index (χ3n) is 4.20. The number of amides is 1. The molecule has 150 valence electrons. The number of halogens is 3. The van der Waals surface area contributed by atoms with Crippen LogP contribution in [-0.4, -0.2) is 38.9 Å². The Morgan fingerprint density at radius 1 is 1.07 bits per heavy atom. The maximum Gasteiger partial charge on any atom is 0.264 e. The number of benzene rings is 2. The van der Waals surface area contributed by atoms with Crippen LogP contribution in [0.2, 0.25) is 0 Å². The van der Waals surface area contributed by atoms with E-state index >= 15 is 0 Å². The van der Waals surface area contributed by atoms with Crippen molar-refractivity contribution in [1.29, 1.82) is 0 Å². The summed E-state index contributed by atoms with van der Waals surface area (Å²) >= 11 is 0. The van der Waals surface area contributed by atoms with Gasteiger partial charge in [-0.25, -0.2) is 21.6 Å². The fourth-order valence-corrected chi connectivity index (χ4v) is 3.90. The van der Waals surface area contributed by atoms with Crippen LogP contribution in [0, 0.1) is 17.5 Å². The van der Waals surface area contributed by atoms with Crippen LogP contribution in [0.5, 0.6) is 5.75 Å². The highest BCUT2D eigenvalue weighted by Crippen LogP contribution is 2.24. The summed E-state index contributed by atoms with van der Waals surface area (Å²) in [6.07, 6.45) is 1.90. The van der Waals surface area contributed by atoms with Gasteiger partial charge in [0.1, 0.15) is 10.6 Å². The molecule has 0 aliphatic carbocycles. The van der Waals surface area contributed by atoms with E-state index in [1.54, 1.807) is 4.90 Å². The Balaban J connectivity index is 1.71. The second-order valence-corrected chi connectivity index (χ2v) is 7.83. The minimum atomic E-state index is -4.51. The van der Waals surface area contributed by atoms with Crippen LogP contribution in [-0.2, 0) is 14.8 Å². The van der Waals surface area contributed by atoms with Gasteiger partial charge >= 0.3 is 0 Å². The summed E-state index contributed by atoms with van der Waals surface area (Å²) in [7, 11) is -4.51. The molecule has 1 fully saturated rings. The van der Waals surface area contributed by atoms with E-state index in [1.807, 2.05) is 0 Å². The maximum atomic E-state index is 13.8. The zero-order chi connectivity index (χ0) is 20.3. The van der Waals surface area contributed by atoms with Crippen LogP contribution in [0.1, 0.15) is 12.8 Å². The molecule has 1 aliphatic rings. The lowest BCUT2D eigenvalue weighted by Gasteiger charge is -2.16. The van der Waals surface area contributed by atoms with Gasteiger partial charge in [-0.2, -0.15) is 0 Å². The van der Waals surface area contributed by atoms with Gasteiger partial charge in [0, 0.05) is 19.2 Å². The van der Waals surface area contributed by atoms with Crippen molar-refractivity contribution in [3.63, 3.8) is 0 Å². The molecule has 0 aromatic heterocycles. The predicted octanol–water partition coefficient (Wildman–Crippen LogP) is 2.91. The van der Waals surface area contributed by atoms with Gasteiger partial charge in [0.15, 0.2) is 24.1 Å². The number of anilines is 1. The molecule has 1 aliphatic heterocycles. The molecule has 2 aromatic rings. The smallest absolute Gasteiger partial charge is 0.264 e. The highest BCUT2D eigenvalue weighted by atomic mass is 32.2. The van der Waals surface area contributed by atoms with Gasteiger partial charge in [0.25, 0.3) is 15.9 Å². The first kappa shape index (κ1) is 20.0. The van der Waals surface area contributed by atoms with Crippen molar-refractivity contribution in [1.82, 2.24) is 4.90 Å². The fourth-order valence-electron chi connectivity index (χ4n) is 2.78. The van der Waals surface area contributed by atoms with Crippen molar-refractivity contribution in [3.8, 4) is 5.75 Å². The predicted molar refractivity (Wildman–Crippen MR) is 94.9 cm³/mol. The summed E-state index contributed by atoms with van der Waals surface area (Å²) in [5.74, 6) is -5.13. The molecule has 0 unspecified atom stereocenters. The molecular weight excluding hydrogens is 397 g/mol. The highest BCUT2D eigenvalue weighted by molar-refractivity contribution is 7.92. The van der Waals surface area contributed by atoms with Crippen molar-refractivity contribution >= 4 is 21.6 Å². The minimum absolute atomic E-state index is 0.00950. The summed E-state index contributed by atoms with van der Waals surface area (Å²) < 4.78 is 72.2. The lowest BCUT2D eigenvalue weighted by atomic mass is 10.3. The SMILES string of the molecule is O=C(COc1cccc(NS(=O)(=O)c2ccc(F)c(F)c2F)c1)N1CCCC1. The fraction of sp³-hybridized carbons (Fsp3) is 0.278. The minimum Gasteiger partial charge on any atom is -0.484 e. The van der Waals surface area contributed by atoms with E-state index in [2.05, 4.69) is 4.72 Å². The zero-order valence-electron chi connectivity index (χ0n) is 14.6. The molecule has 0 bridgehead atoms. The van der Waals surface area contributed by atoms with Gasteiger partial charge in [-0.3, -0.25) is 9.52 Å². The first-order valence-corrected chi connectivity index (χ1v) is 9.93. The van der Waals surface area contributed by atoms with E-state index in [1.165, 1.54) is 24.3 Å². The number of hydrogen-bond donors (Lipinski definition) is 1. The molecule has 1 amide bonds. The molecule has 6 nitrogen and oxygen atoms in total. The molecule has 0 spiro atoms. The summed E-state index contributed by atoms with van der Waals surface area (Å²) in [5.41, 5.74) is 0.00950. The number of nitrogens with one attached hydrogen (secondary N) is 1. The Morgan fingerprint density at radius 3 is 2.50 bits per heavy atom. The van der Waals surface area contributed by atoms with Crippen molar-refractivity contribution in [2.24, 2.45) is 0 Å². The first-order chi connectivity index (χ1) is 13.3. The van der Waals surface area contributed by atoms with E-state index in [-0.39, 0.29) is 24.0 Å². The van der Waals surface area contributed by atoms with Gasteiger partial charge in [-0.15, -0.1) is 0 Å². The number of nitrogens with zero attached hydrogens (tertiary/aromatic N) is 1. The average Bonchev–Trinajstić information content (AvgIpc) is 3.19. The Kier molecular flexibility index (Phi) is 5.78. The molecule has 0 radical (unpaired) electrons. The number of ether oxygens (including phenoxy) is 1. The topological polar surface area (TPSA) is 75.7 Å². The van der Waals surface area contributed by atoms with Gasteiger partial charge in [-0.05, 0) is 37.1 Å². The average molecular weight is 414 g/mol. The molecule has 10 heteroatoms. The highest BCUT2D eigenvalue weighted by Gasteiger charge is 2.24. The number of sulfonamides is 1. The van der Waals surface area contributed by atoms with Crippen LogP contribution in [0.15, 0.2) is 41.3 Å². The number of rotatable bonds is 6. The van der Waals surface area contributed by atoms with Crippen LogP contribution in [0.25, 0.3) is 0 Å². The van der Waals surface area contributed by atoms with Gasteiger partial charge in [0.05, 0.1) is 5.69 Å². The Hall–Kier alpha value is -2.75. The normalized spacial score (nSPS) is 14.2. The lowest BCUT2D eigenvalue weighted by Crippen LogP contribution is -2.32. The summed E-state index contributed by atoms with van der Waals surface area (Å²) in [6.45, 7) is 1.16. The van der Waals surface area contributed by atoms with Gasteiger partial charge < -0.3 is 9.64 Å². The molecule has 0 saturated carbocycles. The van der Waals surface area contributed by atoms with Crippen molar-refractivity contribution < 1.29 is 31.1 Å². The van der Waals surface area contributed by atoms with E-state index in [0.29, 0.717) is 25.2 Å². The summed E-state index contributed by atoms with van der Waals surface area (Å²) in [4.78, 5) is 12.6. The molecule has 2 aromatic carbocycles. The third kappa shape index (κ3) is 4.38. The number of likely N-dealkylation sites (tertiary alicyclic amines) is 1. The van der Waals surface area contributed by atoms with Crippen LogP contribution in [0.4, 0.5) is 18.9 Å². The Labute approximate surface area is 160 Å². The molecule has 0 atom stereocenters.